The quantitative estimate of drug-likeness (QED) is 0.815. The number of amides is 2. The smallest absolute Gasteiger partial charge is 0.355 e. The molecular weight excluding hydrogens is 354 g/mol. The van der Waals surface area contributed by atoms with Crippen molar-refractivity contribution in [2.24, 2.45) is 0 Å². The molecule has 2 rings (SSSR count). The molecule has 1 aromatic heterocycles. The maximum Gasteiger partial charge on any atom is 0.417 e. The van der Waals surface area contributed by atoms with Gasteiger partial charge >= 0.3 is 18.4 Å². The van der Waals surface area contributed by atoms with E-state index in [1.165, 1.54) is 11.0 Å². The number of aromatic nitrogens is 1. The van der Waals surface area contributed by atoms with Crippen molar-refractivity contribution in [1.29, 1.82) is 0 Å². The molecule has 1 aromatic rings. The summed E-state index contributed by atoms with van der Waals surface area (Å²) in [5, 5.41) is 1.80. The van der Waals surface area contributed by atoms with Crippen molar-refractivity contribution in [1.82, 2.24) is 15.2 Å². The summed E-state index contributed by atoms with van der Waals surface area (Å²) < 4.78 is 74.0. The Labute approximate surface area is 139 Å². The minimum absolute atomic E-state index is 0.145. The molecule has 2 heterocycles. The molecule has 0 unspecified atom stereocenters. The van der Waals surface area contributed by atoms with Crippen LogP contribution in [-0.2, 0) is 6.18 Å². The Morgan fingerprint density at radius 1 is 1.08 bits per heavy atom. The summed E-state index contributed by atoms with van der Waals surface area (Å²) >= 11 is 0. The number of pyridine rings is 1. The van der Waals surface area contributed by atoms with Crippen LogP contribution >= 0.6 is 0 Å². The van der Waals surface area contributed by atoms with Gasteiger partial charge in [0, 0.05) is 32.4 Å². The Balaban J connectivity index is 1.93. The van der Waals surface area contributed by atoms with Crippen molar-refractivity contribution >= 4 is 11.8 Å². The van der Waals surface area contributed by atoms with Crippen molar-refractivity contribution < 1.29 is 31.1 Å². The Hall–Kier alpha value is -2.20. The number of nitrogens with zero attached hydrogens (tertiary/aromatic N) is 3. The summed E-state index contributed by atoms with van der Waals surface area (Å²) in [5.41, 5.74) is -0.862. The number of rotatable bonds is 2. The molecule has 11 heteroatoms. The standard InChI is InChI=1S/C14H16F6N4O/c15-13(16,17)9-22-12(25)24-5-1-4-23(6-7-24)11-3-2-10(8-21-11)14(18,19)20/h2-3,8H,1,4-7,9H2,(H,22,25). The third-order valence-corrected chi connectivity index (χ3v) is 3.62. The zero-order chi connectivity index (χ0) is 18.7. The number of nitrogens with one attached hydrogen (secondary N) is 1. The number of anilines is 1. The van der Waals surface area contributed by atoms with E-state index in [1.54, 1.807) is 10.2 Å². The van der Waals surface area contributed by atoms with Crippen molar-refractivity contribution in [2.45, 2.75) is 18.8 Å². The minimum atomic E-state index is -4.49. The summed E-state index contributed by atoms with van der Waals surface area (Å²) in [4.78, 5) is 18.5. The van der Waals surface area contributed by atoms with E-state index in [4.69, 9.17) is 0 Å². The average Bonchev–Trinajstić information content (AvgIpc) is 2.77. The number of carbonyl (C=O) groups excluding carboxylic acids is 1. The zero-order valence-corrected chi connectivity index (χ0v) is 13.0. The summed E-state index contributed by atoms with van der Waals surface area (Å²) in [7, 11) is 0. The summed E-state index contributed by atoms with van der Waals surface area (Å²) in [6.07, 6.45) is -7.77. The van der Waals surface area contributed by atoms with Gasteiger partial charge in [0.15, 0.2) is 0 Å². The highest BCUT2D eigenvalue weighted by molar-refractivity contribution is 5.74. The highest BCUT2D eigenvalue weighted by atomic mass is 19.4. The van der Waals surface area contributed by atoms with Gasteiger partial charge in [0.25, 0.3) is 0 Å². The molecule has 1 fully saturated rings. The first kappa shape index (κ1) is 19.1. The highest BCUT2D eigenvalue weighted by Crippen LogP contribution is 2.29. The molecule has 0 bridgehead atoms. The molecule has 1 aliphatic rings. The molecule has 0 aromatic carbocycles. The second-order valence-electron chi connectivity index (χ2n) is 5.50. The van der Waals surface area contributed by atoms with Crippen LogP contribution in [0.4, 0.5) is 37.0 Å². The lowest BCUT2D eigenvalue weighted by Gasteiger charge is -2.23. The normalized spacial score (nSPS) is 16.6. The molecule has 0 spiro atoms. The Kier molecular flexibility index (Phi) is 5.63. The maximum absolute atomic E-state index is 12.5. The molecule has 0 atom stereocenters. The molecule has 1 N–H and O–H groups in total. The van der Waals surface area contributed by atoms with E-state index in [0.717, 1.165) is 12.3 Å². The van der Waals surface area contributed by atoms with E-state index in [-0.39, 0.29) is 19.6 Å². The number of alkyl halides is 6. The monoisotopic (exact) mass is 370 g/mol. The first-order valence-corrected chi connectivity index (χ1v) is 7.44. The van der Waals surface area contributed by atoms with E-state index < -0.39 is 30.5 Å². The Morgan fingerprint density at radius 3 is 2.36 bits per heavy atom. The molecule has 2 amide bonds. The van der Waals surface area contributed by atoms with Crippen molar-refractivity contribution in [3.05, 3.63) is 23.9 Å². The molecule has 140 valence electrons. The molecule has 0 radical (unpaired) electrons. The van der Waals surface area contributed by atoms with Crippen LogP contribution in [0.5, 0.6) is 0 Å². The van der Waals surface area contributed by atoms with Crippen LogP contribution in [0.2, 0.25) is 0 Å². The van der Waals surface area contributed by atoms with Crippen LogP contribution < -0.4 is 10.2 Å². The van der Waals surface area contributed by atoms with Crippen LogP contribution in [0.25, 0.3) is 0 Å². The van der Waals surface area contributed by atoms with Crippen LogP contribution in [0, 0.1) is 0 Å². The van der Waals surface area contributed by atoms with Crippen LogP contribution in [0.15, 0.2) is 18.3 Å². The first-order valence-electron chi connectivity index (χ1n) is 7.44. The molecule has 1 aliphatic heterocycles. The predicted octanol–water partition coefficient (Wildman–Crippen LogP) is 2.88. The largest absolute Gasteiger partial charge is 0.417 e. The fraction of sp³-hybridized carbons (Fsp3) is 0.571. The summed E-state index contributed by atoms with van der Waals surface area (Å²) in [5.74, 6) is 0.325. The van der Waals surface area contributed by atoms with E-state index in [1.807, 2.05) is 0 Å². The minimum Gasteiger partial charge on any atom is -0.355 e. The lowest BCUT2D eigenvalue weighted by molar-refractivity contribution is -0.137. The Morgan fingerprint density at radius 2 is 1.80 bits per heavy atom. The predicted molar refractivity (Wildman–Crippen MR) is 77.1 cm³/mol. The van der Waals surface area contributed by atoms with Crippen molar-refractivity contribution in [3.8, 4) is 0 Å². The van der Waals surface area contributed by atoms with Gasteiger partial charge in [-0.15, -0.1) is 0 Å². The average molecular weight is 370 g/mol. The number of carbonyl (C=O) groups is 1. The molecule has 0 saturated carbocycles. The fourth-order valence-corrected chi connectivity index (χ4v) is 2.38. The van der Waals surface area contributed by atoms with Gasteiger partial charge < -0.3 is 15.1 Å². The second-order valence-corrected chi connectivity index (χ2v) is 5.50. The van der Waals surface area contributed by atoms with E-state index in [9.17, 15) is 31.1 Å². The Bertz CT molecular complexity index is 586. The molecule has 5 nitrogen and oxygen atoms in total. The molecule has 0 aliphatic carbocycles. The highest BCUT2D eigenvalue weighted by Gasteiger charge is 2.31. The van der Waals surface area contributed by atoms with Crippen LogP contribution in [0.3, 0.4) is 0 Å². The molecular formula is C14H16F6N4O. The summed E-state index contributed by atoms with van der Waals surface area (Å²) in [6, 6.07) is 1.34. The van der Waals surface area contributed by atoms with Gasteiger partial charge in [-0.3, -0.25) is 0 Å². The van der Waals surface area contributed by atoms with Gasteiger partial charge in [0.2, 0.25) is 0 Å². The maximum atomic E-state index is 12.5. The number of urea groups is 1. The van der Waals surface area contributed by atoms with E-state index in [0.29, 0.717) is 18.8 Å². The third-order valence-electron chi connectivity index (χ3n) is 3.62. The number of halogens is 6. The van der Waals surface area contributed by atoms with Crippen LogP contribution in [0.1, 0.15) is 12.0 Å². The van der Waals surface area contributed by atoms with Gasteiger partial charge in [-0.2, -0.15) is 26.3 Å². The van der Waals surface area contributed by atoms with Crippen molar-refractivity contribution in [2.75, 3.05) is 37.6 Å². The van der Waals surface area contributed by atoms with E-state index in [2.05, 4.69) is 4.98 Å². The van der Waals surface area contributed by atoms with E-state index >= 15 is 0 Å². The van der Waals surface area contributed by atoms with Gasteiger partial charge in [-0.1, -0.05) is 0 Å². The van der Waals surface area contributed by atoms with Crippen molar-refractivity contribution in [3.63, 3.8) is 0 Å². The van der Waals surface area contributed by atoms with Crippen LogP contribution in [-0.4, -0.2) is 54.8 Å². The van der Waals surface area contributed by atoms with Gasteiger partial charge in [0.1, 0.15) is 12.4 Å². The SMILES string of the molecule is O=C(NCC(F)(F)F)N1CCCN(c2ccc(C(F)(F)F)cn2)CC1. The molecule has 1 saturated heterocycles. The number of hydrogen-bond acceptors (Lipinski definition) is 3. The summed E-state index contributed by atoms with van der Waals surface area (Å²) in [6.45, 7) is -0.320. The van der Waals surface area contributed by atoms with Gasteiger partial charge in [-0.25, -0.2) is 9.78 Å². The van der Waals surface area contributed by atoms with Gasteiger partial charge in [0.05, 0.1) is 5.56 Å². The first-order chi connectivity index (χ1) is 11.6. The molecule has 25 heavy (non-hydrogen) atoms. The zero-order valence-electron chi connectivity index (χ0n) is 13.0. The van der Waals surface area contributed by atoms with Gasteiger partial charge in [-0.05, 0) is 18.6 Å². The number of hydrogen-bond donors (Lipinski definition) is 1. The third kappa shape index (κ3) is 5.68. The second kappa shape index (κ2) is 7.36. The lowest BCUT2D eigenvalue weighted by Crippen LogP contribution is -2.45. The topological polar surface area (TPSA) is 48.5 Å². The fourth-order valence-electron chi connectivity index (χ4n) is 2.38. The lowest BCUT2D eigenvalue weighted by atomic mass is 10.2.